The van der Waals surface area contributed by atoms with Crippen LogP contribution < -0.4 is 10.2 Å². The third-order valence-corrected chi connectivity index (χ3v) is 7.71. The van der Waals surface area contributed by atoms with Crippen LogP contribution in [0.1, 0.15) is 50.7 Å². The molecule has 0 bridgehead atoms. The summed E-state index contributed by atoms with van der Waals surface area (Å²) in [5.41, 5.74) is 4.02. The van der Waals surface area contributed by atoms with Crippen molar-refractivity contribution in [1.82, 2.24) is 4.90 Å². The third-order valence-electron chi connectivity index (χ3n) is 6.20. The number of nitrogens with zero attached hydrogens (tertiary/aromatic N) is 2. The van der Waals surface area contributed by atoms with Gasteiger partial charge in [0.25, 0.3) is 0 Å². The van der Waals surface area contributed by atoms with Crippen LogP contribution in [0.15, 0.2) is 48.5 Å². The lowest BCUT2D eigenvalue weighted by atomic mass is 9.92. The van der Waals surface area contributed by atoms with Gasteiger partial charge in [-0.05, 0) is 35.1 Å². The maximum atomic E-state index is 12.7. The van der Waals surface area contributed by atoms with E-state index in [-0.39, 0.29) is 17.6 Å². The summed E-state index contributed by atoms with van der Waals surface area (Å²) in [6.07, 6.45) is 0. The first-order chi connectivity index (χ1) is 15.7. The number of hydrogen-bond acceptors (Lipinski definition) is 5. The second-order valence-electron chi connectivity index (χ2n) is 9.43. The van der Waals surface area contributed by atoms with Crippen LogP contribution in [0.2, 0.25) is 0 Å². The zero-order chi connectivity index (χ0) is 24.0. The van der Waals surface area contributed by atoms with Crippen molar-refractivity contribution in [2.24, 2.45) is 0 Å². The summed E-state index contributed by atoms with van der Waals surface area (Å²) >= 11 is 0. The minimum Gasteiger partial charge on any atom is -0.369 e. The van der Waals surface area contributed by atoms with E-state index in [2.05, 4.69) is 54.9 Å². The minimum absolute atomic E-state index is 0.00534. The van der Waals surface area contributed by atoms with Crippen molar-refractivity contribution in [3.63, 3.8) is 0 Å². The van der Waals surface area contributed by atoms with Crippen molar-refractivity contribution in [2.45, 2.75) is 39.5 Å². The highest BCUT2D eigenvalue weighted by Crippen LogP contribution is 2.32. The first-order valence-corrected chi connectivity index (χ1v) is 13.6. The maximum absolute atomic E-state index is 12.7. The molecule has 0 aliphatic carbocycles. The molecule has 2 aromatic carbocycles. The first kappa shape index (κ1) is 25.2. The lowest BCUT2D eigenvalue weighted by Gasteiger charge is -2.36. The van der Waals surface area contributed by atoms with Gasteiger partial charge in [0.05, 0.1) is 5.75 Å². The molecule has 0 saturated carbocycles. The van der Waals surface area contributed by atoms with Gasteiger partial charge >= 0.3 is 0 Å². The summed E-state index contributed by atoms with van der Waals surface area (Å²) < 4.78 is 25.4. The molecule has 0 atom stereocenters. The molecule has 6 nitrogen and oxygen atoms in total. The molecule has 2 aromatic rings. The second-order valence-corrected chi connectivity index (χ2v) is 11.6. The van der Waals surface area contributed by atoms with E-state index in [0.717, 1.165) is 43.0 Å². The summed E-state index contributed by atoms with van der Waals surface area (Å²) in [5.74, 6) is -0.496. The fourth-order valence-electron chi connectivity index (χ4n) is 4.28. The molecule has 1 aliphatic rings. The number of nitrogens with one attached hydrogen (secondary N) is 1. The zero-order valence-corrected chi connectivity index (χ0v) is 21.1. The number of sulfone groups is 1. The predicted octanol–water partition coefficient (Wildman–Crippen LogP) is 4.11. The molecule has 33 heavy (non-hydrogen) atoms. The van der Waals surface area contributed by atoms with Gasteiger partial charge in [0, 0.05) is 44.1 Å². The number of benzene rings is 2. The molecule has 0 aromatic heterocycles. The SMILES string of the molecule is CC(C)c1cccc(C(C)C)c1NC(=O)CS(=O)(=O)CCN1CCN(c2ccccc2)CC1. The smallest absolute Gasteiger partial charge is 0.239 e. The number of hydrogen-bond donors (Lipinski definition) is 1. The van der Waals surface area contributed by atoms with Crippen molar-refractivity contribution in [3.8, 4) is 0 Å². The van der Waals surface area contributed by atoms with Gasteiger partial charge in [0.1, 0.15) is 5.75 Å². The van der Waals surface area contributed by atoms with Crippen molar-refractivity contribution in [3.05, 3.63) is 59.7 Å². The Morgan fingerprint density at radius 2 is 1.45 bits per heavy atom. The van der Waals surface area contributed by atoms with Crippen LogP contribution in [0.3, 0.4) is 0 Å². The Balaban J connectivity index is 1.54. The molecular weight excluding hydrogens is 434 g/mol. The third kappa shape index (κ3) is 7.05. The minimum atomic E-state index is -3.50. The predicted molar refractivity (Wildman–Crippen MR) is 137 cm³/mol. The number of amides is 1. The highest BCUT2D eigenvalue weighted by atomic mass is 32.2. The Kier molecular flexibility index (Phi) is 8.54. The Labute approximate surface area is 198 Å². The second kappa shape index (κ2) is 11.2. The van der Waals surface area contributed by atoms with E-state index in [9.17, 15) is 13.2 Å². The summed E-state index contributed by atoms with van der Waals surface area (Å²) in [6.45, 7) is 12.1. The van der Waals surface area contributed by atoms with E-state index in [1.165, 1.54) is 5.69 Å². The normalized spacial score (nSPS) is 15.3. The number of carbonyl (C=O) groups is 1. The lowest BCUT2D eigenvalue weighted by molar-refractivity contribution is -0.113. The lowest BCUT2D eigenvalue weighted by Crippen LogP contribution is -2.47. The average Bonchev–Trinajstić information content (AvgIpc) is 2.78. The molecule has 0 spiro atoms. The van der Waals surface area contributed by atoms with Crippen LogP contribution in [0.25, 0.3) is 0 Å². The quantitative estimate of drug-likeness (QED) is 0.596. The highest BCUT2D eigenvalue weighted by molar-refractivity contribution is 7.92. The van der Waals surface area contributed by atoms with Crippen LogP contribution in [-0.4, -0.2) is 63.5 Å². The monoisotopic (exact) mass is 471 g/mol. The number of rotatable bonds is 9. The zero-order valence-electron chi connectivity index (χ0n) is 20.3. The summed E-state index contributed by atoms with van der Waals surface area (Å²) in [7, 11) is -3.50. The maximum Gasteiger partial charge on any atom is 0.239 e. The van der Waals surface area contributed by atoms with Gasteiger partial charge in [-0.25, -0.2) is 8.42 Å². The molecular formula is C26H37N3O3S. The van der Waals surface area contributed by atoms with Gasteiger partial charge in [0.15, 0.2) is 9.84 Å². The first-order valence-electron chi connectivity index (χ1n) is 11.8. The topological polar surface area (TPSA) is 69.7 Å². The number of anilines is 2. The molecule has 180 valence electrons. The Hall–Kier alpha value is -2.38. The molecule has 1 heterocycles. The summed E-state index contributed by atoms with van der Waals surface area (Å²) in [4.78, 5) is 17.2. The largest absolute Gasteiger partial charge is 0.369 e. The Morgan fingerprint density at radius 1 is 0.879 bits per heavy atom. The summed E-state index contributed by atoms with van der Waals surface area (Å²) in [5, 5.41) is 2.92. The van der Waals surface area contributed by atoms with Crippen LogP contribution in [0.4, 0.5) is 11.4 Å². The van der Waals surface area contributed by atoms with Crippen LogP contribution in [-0.2, 0) is 14.6 Å². The van der Waals surface area contributed by atoms with Crippen LogP contribution in [0.5, 0.6) is 0 Å². The molecule has 0 radical (unpaired) electrons. The summed E-state index contributed by atoms with van der Waals surface area (Å²) in [6, 6.07) is 16.2. The van der Waals surface area contributed by atoms with Crippen molar-refractivity contribution in [2.75, 3.05) is 54.4 Å². The van der Waals surface area contributed by atoms with E-state index < -0.39 is 21.5 Å². The molecule has 0 unspecified atom stereocenters. The van der Waals surface area contributed by atoms with E-state index in [1.807, 2.05) is 36.4 Å². The fraction of sp³-hybridized carbons (Fsp3) is 0.500. The van der Waals surface area contributed by atoms with E-state index in [0.29, 0.717) is 6.54 Å². The van der Waals surface area contributed by atoms with E-state index in [4.69, 9.17) is 0 Å². The highest BCUT2D eigenvalue weighted by Gasteiger charge is 2.23. The fourth-order valence-corrected chi connectivity index (χ4v) is 5.43. The Bertz CT molecular complexity index is 1000. The van der Waals surface area contributed by atoms with Gasteiger partial charge in [-0.3, -0.25) is 9.69 Å². The van der Waals surface area contributed by atoms with Crippen LogP contribution >= 0.6 is 0 Å². The molecule has 1 amide bonds. The molecule has 1 N–H and O–H groups in total. The standard InChI is InChI=1S/C26H37N3O3S/c1-20(2)23-11-8-12-24(21(3)4)26(23)27-25(30)19-33(31,32)18-17-28-13-15-29(16-14-28)22-9-6-5-7-10-22/h5-12,20-21H,13-19H2,1-4H3,(H,27,30). The van der Waals surface area contributed by atoms with E-state index >= 15 is 0 Å². The Morgan fingerprint density at radius 3 is 2.00 bits per heavy atom. The van der Waals surface area contributed by atoms with Gasteiger partial charge in [-0.1, -0.05) is 64.1 Å². The molecule has 7 heteroatoms. The molecule has 1 fully saturated rings. The van der Waals surface area contributed by atoms with Crippen molar-refractivity contribution in [1.29, 1.82) is 0 Å². The van der Waals surface area contributed by atoms with Crippen molar-refractivity contribution >= 4 is 27.1 Å². The van der Waals surface area contributed by atoms with Gasteiger partial charge < -0.3 is 10.2 Å². The van der Waals surface area contributed by atoms with Gasteiger partial charge in [0.2, 0.25) is 5.91 Å². The molecule has 3 rings (SSSR count). The number of piperazine rings is 1. The average molecular weight is 472 g/mol. The number of carbonyl (C=O) groups excluding carboxylic acids is 1. The van der Waals surface area contributed by atoms with Gasteiger partial charge in [-0.15, -0.1) is 0 Å². The van der Waals surface area contributed by atoms with Gasteiger partial charge in [-0.2, -0.15) is 0 Å². The van der Waals surface area contributed by atoms with Crippen molar-refractivity contribution < 1.29 is 13.2 Å². The number of para-hydroxylation sites is 2. The van der Waals surface area contributed by atoms with Crippen LogP contribution in [0, 0.1) is 0 Å². The molecule has 1 saturated heterocycles. The molecule has 1 aliphatic heterocycles. The van der Waals surface area contributed by atoms with E-state index in [1.54, 1.807) is 0 Å².